The molecule has 37 heavy (non-hydrogen) atoms. The van der Waals surface area contributed by atoms with Crippen molar-refractivity contribution in [1.82, 2.24) is 4.90 Å². The number of allylic oxidation sites excluding steroid dienone is 1. The fourth-order valence-corrected chi connectivity index (χ4v) is 7.09. The fourth-order valence-electron chi connectivity index (χ4n) is 5.76. The SMILES string of the molecule is C=CCCCCc1ccc(-c2sc3cc(C)ccc3c2Cc2ccc(CN3CCCC3)c(CC)c2)cc1. The monoisotopic (exact) mass is 507 g/mol. The molecule has 4 aromatic rings. The summed E-state index contributed by atoms with van der Waals surface area (Å²) >= 11 is 1.96. The van der Waals surface area contributed by atoms with E-state index in [1.54, 1.807) is 0 Å². The highest BCUT2D eigenvalue weighted by Crippen LogP contribution is 2.40. The van der Waals surface area contributed by atoms with Gasteiger partial charge in [-0.15, -0.1) is 17.9 Å². The number of hydrogen-bond acceptors (Lipinski definition) is 2. The van der Waals surface area contributed by atoms with E-state index in [0.717, 1.165) is 32.2 Å². The summed E-state index contributed by atoms with van der Waals surface area (Å²) in [5.74, 6) is 0. The van der Waals surface area contributed by atoms with Crippen LogP contribution in [0.25, 0.3) is 20.5 Å². The number of nitrogens with zero attached hydrogens (tertiary/aromatic N) is 1. The number of likely N-dealkylation sites (tertiary alicyclic amines) is 1. The van der Waals surface area contributed by atoms with Gasteiger partial charge >= 0.3 is 0 Å². The Labute approximate surface area is 227 Å². The van der Waals surface area contributed by atoms with E-state index in [1.807, 2.05) is 17.4 Å². The van der Waals surface area contributed by atoms with Gasteiger partial charge in [0.05, 0.1) is 0 Å². The Kier molecular flexibility index (Phi) is 8.59. The maximum Gasteiger partial charge on any atom is 0.0390 e. The zero-order valence-corrected chi connectivity index (χ0v) is 23.5. The number of benzene rings is 3. The molecule has 0 atom stereocenters. The lowest BCUT2D eigenvalue weighted by molar-refractivity contribution is 0.330. The van der Waals surface area contributed by atoms with E-state index in [0.29, 0.717) is 0 Å². The van der Waals surface area contributed by atoms with Crippen LogP contribution in [0.4, 0.5) is 0 Å². The van der Waals surface area contributed by atoms with Crippen molar-refractivity contribution in [3.8, 4) is 10.4 Å². The molecule has 0 aliphatic carbocycles. The third-order valence-corrected chi connectivity index (χ3v) is 9.16. The summed E-state index contributed by atoms with van der Waals surface area (Å²) in [4.78, 5) is 4.04. The first-order valence-electron chi connectivity index (χ1n) is 14.2. The van der Waals surface area contributed by atoms with Crippen LogP contribution in [-0.4, -0.2) is 18.0 Å². The maximum atomic E-state index is 3.85. The van der Waals surface area contributed by atoms with E-state index in [-0.39, 0.29) is 0 Å². The van der Waals surface area contributed by atoms with Crippen molar-refractivity contribution in [3.63, 3.8) is 0 Å². The molecule has 3 aromatic carbocycles. The van der Waals surface area contributed by atoms with E-state index in [2.05, 4.69) is 86.0 Å². The summed E-state index contributed by atoms with van der Waals surface area (Å²) in [5, 5.41) is 1.42. The molecule has 1 fully saturated rings. The summed E-state index contributed by atoms with van der Waals surface area (Å²) in [7, 11) is 0. The molecular formula is C35H41NS. The topological polar surface area (TPSA) is 3.24 Å². The van der Waals surface area contributed by atoms with Gasteiger partial charge in [0.15, 0.2) is 0 Å². The van der Waals surface area contributed by atoms with Gasteiger partial charge in [0.1, 0.15) is 0 Å². The van der Waals surface area contributed by atoms with Crippen LogP contribution in [0.2, 0.25) is 0 Å². The maximum absolute atomic E-state index is 3.85. The minimum Gasteiger partial charge on any atom is -0.299 e. The Morgan fingerprint density at radius 1 is 0.892 bits per heavy atom. The molecule has 2 heterocycles. The van der Waals surface area contributed by atoms with Crippen LogP contribution in [0.3, 0.4) is 0 Å². The lowest BCUT2D eigenvalue weighted by Gasteiger charge is -2.18. The van der Waals surface area contributed by atoms with Gasteiger partial charge in [-0.05, 0) is 122 Å². The van der Waals surface area contributed by atoms with Crippen LogP contribution >= 0.6 is 11.3 Å². The Morgan fingerprint density at radius 3 is 2.43 bits per heavy atom. The number of aryl methyl sites for hydroxylation is 3. The first kappa shape index (κ1) is 25.9. The number of hydrogen-bond donors (Lipinski definition) is 0. The van der Waals surface area contributed by atoms with Crippen molar-refractivity contribution >= 4 is 21.4 Å². The molecule has 5 rings (SSSR count). The van der Waals surface area contributed by atoms with E-state index in [9.17, 15) is 0 Å². The molecule has 0 N–H and O–H groups in total. The zero-order valence-electron chi connectivity index (χ0n) is 22.7. The first-order chi connectivity index (χ1) is 18.1. The van der Waals surface area contributed by atoms with Gasteiger partial charge in [-0.25, -0.2) is 0 Å². The lowest BCUT2D eigenvalue weighted by Crippen LogP contribution is -2.19. The predicted octanol–water partition coefficient (Wildman–Crippen LogP) is 9.52. The van der Waals surface area contributed by atoms with Gasteiger partial charge in [-0.3, -0.25) is 4.90 Å². The molecule has 1 aliphatic rings. The molecule has 1 nitrogen and oxygen atoms in total. The van der Waals surface area contributed by atoms with E-state index in [1.165, 1.54) is 92.7 Å². The third kappa shape index (κ3) is 6.25. The second-order valence-electron chi connectivity index (χ2n) is 10.8. The van der Waals surface area contributed by atoms with Crippen LogP contribution in [0, 0.1) is 6.92 Å². The smallest absolute Gasteiger partial charge is 0.0390 e. The van der Waals surface area contributed by atoms with Crippen LogP contribution in [0.5, 0.6) is 0 Å². The summed E-state index contributed by atoms with van der Waals surface area (Å²) in [6, 6.07) is 23.6. The highest BCUT2D eigenvalue weighted by atomic mass is 32.1. The van der Waals surface area contributed by atoms with Crippen molar-refractivity contribution in [2.24, 2.45) is 0 Å². The van der Waals surface area contributed by atoms with Gasteiger partial charge in [0.25, 0.3) is 0 Å². The fraction of sp³-hybridized carbons (Fsp3) is 0.371. The zero-order chi connectivity index (χ0) is 25.6. The average molecular weight is 508 g/mol. The van der Waals surface area contributed by atoms with Crippen molar-refractivity contribution in [3.05, 3.63) is 107 Å². The second-order valence-corrected chi connectivity index (χ2v) is 11.8. The molecule has 0 amide bonds. The molecular weight excluding hydrogens is 466 g/mol. The van der Waals surface area contributed by atoms with Crippen LogP contribution in [0.1, 0.15) is 72.4 Å². The standard InChI is InChI=1S/C35H41NS/c1-4-6-7-8-11-27-13-16-30(17-14-27)35-33(32-19-12-26(3)22-34(32)37-35)24-28-15-18-31(29(5-2)23-28)25-36-20-9-10-21-36/h4,12-19,22-23H,1,5-11,20-21,24-25H2,2-3H3. The predicted molar refractivity (Wildman–Crippen MR) is 163 cm³/mol. The number of fused-ring (bicyclic) bond motifs is 1. The first-order valence-corrected chi connectivity index (χ1v) is 15.0. The van der Waals surface area contributed by atoms with Crippen LogP contribution in [0.15, 0.2) is 73.3 Å². The molecule has 0 radical (unpaired) electrons. The van der Waals surface area contributed by atoms with Crippen molar-refractivity contribution < 1.29 is 0 Å². The molecule has 1 aliphatic heterocycles. The Hall–Kier alpha value is -2.68. The van der Waals surface area contributed by atoms with E-state index >= 15 is 0 Å². The number of thiophene rings is 1. The highest BCUT2D eigenvalue weighted by molar-refractivity contribution is 7.22. The second kappa shape index (κ2) is 12.2. The molecule has 192 valence electrons. The molecule has 0 unspecified atom stereocenters. The van der Waals surface area contributed by atoms with Crippen molar-refractivity contribution in [2.45, 2.75) is 71.8 Å². The summed E-state index contributed by atoms with van der Waals surface area (Å²) in [6.45, 7) is 12.0. The van der Waals surface area contributed by atoms with Gasteiger partial charge in [0, 0.05) is 16.1 Å². The molecule has 1 saturated heterocycles. The summed E-state index contributed by atoms with van der Waals surface area (Å²) in [5.41, 5.74) is 10.1. The average Bonchev–Trinajstić information content (AvgIpc) is 3.55. The molecule has 2 heteroatoms. The van der Waals surface area contributed by atoms with Gasteiger partial charge in [-0.2, -0.15) is 0 Å². The molecule has 0 bridgehead atoms. The summed E-state index contributed by atoms with van der Waals surface area (Å²) in [6.07, 6.45) is 11.5. The Balaban J connectivity index is 1.43. The summed E-state index contributed by atoms with van der Waals surface area (Å²) < 4.78 is 1.40. The van der Waals surface area contributed by atoms with Crippen molar-refractivity contribution in [2.75, 3.05) is 13.1 Å². The van der Waals surface area contributed by atoms with Gasteiger partial charge < -0.3 is 0 Å². The third-order valence-electron chi connectivity index (χ3n) is 7.91. The molecule has 0 spiro atoms. The lowest BCUT2D eigenvalue weighted by atomic mass is 9.94. The minimum atomic E-state index is 0.985. The Morgan fingerprint density at radius 2 is 1.68 bits per heavy atom. The minimum absolute atomic E-state index is 0.985. The largest absolute Gasteiger partial charge is 0.299 e. The molecule has 1 aromatic heterocycles. The van der Waals surface area contributed by atoms with Gasteiger partial charge in [-0.1, -0.05) is 67.6 Å². The highest BCUT2D eigenvalue weighted by Gasteiger charge is 2.17. The molecule has 0 saturated carbocycles. The number of unbranched alkanes of at least 4 members (excludes halogenated alkanes) is 2. The van der Waals surface area contributed by atoms with E-state index in [4.69, 9.17) is 0 Å². The van der Waals surface area contributed by atoms with E-state index < -0.39 is 0 Å². The van der Waals surface area contributed by atoms with Gasteiger partial charge in [0.2, 0.25) is 0 Å². The normalized spacial score (nSPS) is 14.0. The number of rotatable bonds is 11. The van der Waals surface area contributed by atoms with Crippen LogP contribution in [-0.2, 0) is 25.8 Å². The van der Waals surface area contributed by atoms with Crippen molar-refractivity contribution in [1.29, 1.82) is 0 Å². The van der Waals surface area contributed by atoms with Crippen LogP contribution < -0.4 is 0 Å². The quantitative estimate of drug-likeness (QED) is 0.144. The Bertz CT molecular complexity index is 1340.